The molecule has 0 fully saturated rings. The van der Waals surface area contributed by atoms with Gasteiger partial charge in [-0.25, -0.2) is 5.57 Å². The summed E-state index contributed by atoms with van der Waals surface area (Å²) in [6.45, 7) is 12.2. The van der Waals surface area contributed by atoms with Crippen molar-refractivity contribution in [1.29, 1.82) is 0 Å². The molecule has 3 aromatic rings. The van der Waals surface area contributed by atoms with E-state index < -0.39 is 0 Å². The van der Waals surface area contributed by atoms with Crippen molar-refractivity contribution in [2.24, 2.45) is 5.92 Å². The Hall–Kier alpha value is -0.790. The van der Waals surface area contributed by atoms with Gasteiger partial charge in [-0.1, -0.05) is 121 Å². The smallest absolute Gasteiger partial charge is 0.0623 e. The molecule has 0 N–H and O–H groups in total. The summed E-state index contributed by atoms with van der Waals surface area (Å²) in [5, 5.41) is 2.65. The maximum atomic E-state index is 3.81. The Morgan fingerprint density at radius 2 is 1.34 bits per heavy atom. The topological polar surface area (TPSA) is 0 Å². The number of rotatable bonds is 9. The maximum Gasteiger partial charge on any atom is -0.0623 e. The summed E-state index contributed by atoms with van der Waals surface area (Å²) >= 11 is 1.36. The molecule has 1 atom stereocenters. The zero-order valence-corrected chi connectivity index (χ0v) is 29.5. The van der Waals surface area contributed by atoms with Crippen molar-refractivity contribution >= 4 is 42.5 Å². The summed E-state index contributed by atoms with van der Waals surface area (Å²) in [6, 6.07) is 23.4. The SMILES string of the molecule is CCCC1=[C-]C(CCC)C(CCC)=C1CCC.Cl.Cl.[CH3-].[CH3-].[Si]=[Zr].c1ccc(-c2c[cH-]c3ccccc23)cc1. The number of hydrogen-bond acceptors (Lipinski definition) is 0. The number of hydrogen-bond donors (Lipinski definition) is 0. The second-order valence-corrected chi connectivity index (χ2v) is 8.92. The van der Waals surface area contributed by atoms with E-state index in [0.717, 1.165) is 0 Å². The molecule has 0 aliphatic heterocycles. The summed E-state index contributed by atoms with van der Waals surface area (Å²) < 4.78 is 0. The van der Waals surface area contributed by atoms with Crippen molar-refractivity contribution in [3.05, 3.63) is 104 Å². The Labute approximate surface area is 264 Å². The molecule has 0 nitrogen and oxygen atoms in total. The molecule has 0 spiro atoms. The van der Waals surface area contributed by atoms with Crippen molar-refractivity contribution in [2.45, 2.75) is 79.1 Å². The molecule has 1 aliphatic carbocycles. The van der Waals surface area contributed by atoms with Gasteiger partial charge in [0.05, 0.1) is 0 Å². The first kappa shape index (κ1) is 41.7. The molecular weight excluding hydrogens is 599 g/mol. The molecule has 0 saturated carbocycles. The number of fused-ring (bicyclic) bond motifs is 1. The summed E-state index contributed by atoms with van der Waals surface area (Å²) in [6.07, 6.45) is 14.0. The van der Waals surface area contributed by atoms with E-state index in [1.54, 1.807) is 16.7 Å². The Kier molecular flexibility index (Phi) is 26.4. The van der Waals surface area contributed by atoms with Crippen LogP contribution >= 0.6 is 24.8 Å². The van der Waals surface area contributed by atoms with E-state index in [4.69, 9.17) is 0 Å². The van der Waals surface area contributed by atoms with Gasteiger partial charge >= 0.3 is 30.2 Å². The fraction of sp³-hybridized carbons (Fsp3) is 0.382. The van der Waals surface area contributed by atoms with Crippen LogP contribution in [0.5, 0.6) is 0 Å². The zero-order valence-electron chi connectivity index (χ0n) is 24.4. The van der Waals surface area contributed by atoms with Gasteiger partial charge in [0, 0.05) is 0 Å². The Bertz CT molecular complexity index is 1050. The fourth-order valence-electron chi connectivity index (χ4n) is 4.97. The quantitative estimate of drug-likeness (QED) is 0.160. The predicted octanol–water partition coefficient (Wildman–Crippen LogP) is 11.4. The number of halogens is 2. The minimum Gasteiger partial charge on any atom is -0.150 e. The summed E-state index contributed by atoms with van der Waals surface area (Å²) in [7, 11) is 0. The Morgan fingerprint density at radius 3 is 1.92 bits per heavy atom. The van der Waals surface area contributed by atoms with Gasteiger partial charge in [-0.05, 0) is 6.42 Å². The average molecular weight is 647 g/mol. The maximum absolute atomic E-state index is 3.81. The molecule has 0 heterocycles. The molecule has 0 saturated heterocycles. The van der Waals surface area contributed by atoms with E-state index in [9.17, 15) is 0 Å². The van der Waals surface area contributed by atoms with Crippen LogP contribution in [0.25, 0.3) is 21.9 Å². The first-order valence-electron chi connectivity index (χ1n) is 13.0. The third kappa shape index (κ3) is 11.8. The molecule has 0 amide bonds. The van der Waals surface area contributed by atoms with Crippen LogP contribution < -0.4 is 0 Å². The predicted molar refractivity (Wildman–Crippen MR) is 175 cm³/mol. The van der Waals surface area contributed by atoms with Crippen molar-refractivity contribution < 1.29 is 23.3 Å². The normalized spacial score (nSPS) is 13.2. The van der Waals surface area contributed by atoms with Crippen molar-refractivity contribution in [3.8, 4) is 11.1 Å². The molecule has 4 heteroatoms. The van der Waals surface area contributed by atoms with E-state index in [-0.39, 0.29) is 39.7 Å². The van der Waals surface area contributed by atoms with Gasteiger partial charge in [0.2, 0.25) is 0 Å². The van der Waals surface area contributed by atoms with Crippen molar-refractivity contribution in [1.82, 2.24) is 0 Å². The van der Waals surface area contributed by atoms with Crippen LogP contribution in [-0.4, -0.2) is 6.88 Å². The van der Waals surface area contributed by atoms with Crippen LogP contribution in [0, 0.1) is 26.8 Å². The van der Waals surface area contributed by atoms with Crippen LogP contribution in [0.2, 0.25) is 0 Å². The van der Waals surface area contributed by atoms with Gasteiger partial charge in [-0.3, -0.25) is 6.08 Å². The second kappa shape index (κ2) is 24.0. The minimum atomic E-state index is 0. The van der Waals surface area contributed by atoms with Crippen LogP contribution in [-0.2, 0) is 23.3 Å². The molecule has 0 aromatic heterocycles. The summed E-state index contributed by atoms with van der Waals surface area (Å²) in [5.74, 6) is 0.656. The van der Waals surface area contributed by atoms with Gasteiger partial charge in [0.1, 0.15) is 0 Å². The van der Waals surface area contributed by atoms with Crippen LogP contribution in [0.4, 0.5) is 0 Å². The fourth-order valence-corrected chi connectivity index (χ4v) is 4.97. The van der Waals surface area contributed by atoms with Crippen molar-refractivity contribution in [3.63, 3.8) is 0 Å². The van der Waals surface area contributed by atoms with Crippen molar-refractivity contribution in [2.75, 3.05) is 0 Å². The molecule has 210 valence electrons. The van der Waals surface area contributed by atoms with Gasteiger partial charge in [-0.2, -0.15) is 11.1 Å². The number of allylic oxidation sites excluding steroid dienone is 4. The van der Waals surface area contributed by atoms with Crippen LogP contribution in [0.15, 0.2) is 83.4 Å². The van der Waals surface area contributed by atoms with E-state index in [1.165, 1.54) is 96.6 Å². The average Bonchev–Trinajstić information content (AvgIpc) is 3.45. The van der Waals surface area contributed by atoms with Crippen LogP contribution in [0.3, 0.4) is 0 Å². The monoisotopic (exact) mass is 644 g/mol. The molecule has 0 bridgehead atoms. The standard InChI is InChI=1S/C17H29.C15H11.2CH3.2ClH.Si.Zr/c1-5-9-14-13-15(10-6-2)17(12-8-4)16(14)11-7-3;1-2-6-12(7-3-1)15-11-10-13-8-4-5-9-14(13)15;;;;;;/h14H,5-12H2,1-4H3;1-11H;2*1H3;2*1H;;/q4*-1;;;;. The Morgan fingerprint density at radius 1 is 0.763 bits per heavy atom. The molecule has 3 aromatic carbocycles. The van der Waals surface area contributed by atoms with Gasteiger partial charge in [0.25, 0.3) is 0 Å². The van der Waals surface area contributed by atoms with Gasteiger partial charge < -0.3 is 14.9 Å². The van der Waals surface area contributed by atoms with Gasteiger partial charge in [0.15, 0.2) is 0 Å². The second-order valence-electron chi connectivity index (χ2n) is 8.92. The van der Waals surface area contributed by atoms with Gasteiger partial charge in [-0.15, -0.1) is 71.5 Å². The first-order valence-corrected chi connectivity index (χ1v) is 17.2. The molecule has 2 radical (unpaired) electrons. The van der Waals surface area contributed by atoms with E-state index >= 15 is 0 Å². The third-order valence-electron chi connectivity index (χ3n) is 6.38. The molecule has 1 aliphatic rings. The zero-order chi connectivity index (χ0) is 24.8. The third-order valence-corrected chi connectivity index (χ3v) is 6.38. The van der Waals surface area contributed by atoms with Crippen LogP contribution in [0.1, 0.15) is 79.1 Å². The minimum absolute atomic E-state index is 0. The molecule has 38 heavy (non-hydrogen) atoms. The van der Waals surface area contributed by atoms with E-state index in [1.807, 2.05) is 0 Å². The molecular formula is C34H48Cl2SiZr-4. The largest absolute Gasteiger partial charge is 0.150 e. The van der Waals surface area contributed by atoms with E-state index in [0.29, 0.717) is 5.92 Å². The summed E-state index contributed by atoms with van der Waals surface area (Å²) in [5.41, 5.74) is 7.61. The Balaban J connectivity index is -0.000000552. The molecule has 4 rings (SSSR count). The van der Waals surface area contributed by atoms with E-state index in [2.05, 4.69) is 107 Å². The first-order chi connectivity index (χ1) is 16.7. The summed E-state index contributed by atoms with van der Waals surface area (Å²) in [4.78, 5) is 0. The molecule has 1 unspecified atom stereocenters. The number of benzene rings is 2.